The predicted octanol–water partition coefficient (Wildman–Crippen LogP) is 3.84. The molecule has 122 valence electrons. The Morgan fingerprint density at radius 3 is 2.09 bits per heavy atom. The van der Waals surface area contributed by atoms with Crippen LogP contribution in [0.15, 0.2) is 60.8 Å². The first kappa shape index (κ1) is 20.1. The van der Waals surface area contributed by atoms with Gasteiger partial charge in [-0.1, -0.05) is 61.6 Å². The van der Waals surface area contributed by atoms with Gasteiger partial charge in [0.15, 0.2) is 0 Å². The molecule has 0 aromatic heterocycles. The standard InChI is InChI=1S/C19H29NO2/c1-4-5-6-7-8-9-10-11-12-13-14-15-16-18(21)20-17-19(2,3)22/h5-8,11-16,22H,4,9-10,17H2,1-3H3,(H,20,21). The number of allylic oxidation sites excluding steroid dienone is 9. The minimum Gasteiger partial charge on any atom is -0.389 e. The normalized spacial score (nSPS) is 13.5. The van der Waals surface area contributed by atoms with Gasteiger partial charge in [-0.05, 0) is 33.1 Å². The molecule has 22 heavy (non-hydrogen) atoms. The van der Waals surface area contributed by atoms with Crippen molar-refractivity contribution in [1.29, 1.82) is 0 Å². The average Bonchev–Trinajstić information content (AvgIpc) is 2.45. The van der Waals surface area contributed by atoms with E-state index in [1.165, 1.54) is 6.08 Å². The van der Waals surface area contributed by atoms with E-state index in [0.29, 0.717) is 0 Å². The molecule has 0 radical (unpaired) electrons. The molecule has 0 fully saturated rings. The third kappa shape index (κ3) is 16.2. The van der Waals surface area contributed by atoms with Gasteiger partial charge in [0.2, 0.25) is 5.91 Å². The van der Waals surface area contributed by atoms with Gasteiger partial charge in [0.25, 0.3) is 0 Å². The van der Waals surface area contributed by atoms with Crippen LogP contribution in [0.1, 0.15) is 40.0 Å². The summed E-state index contributed by atoms with van der Waals surface area (Å²) >= 11 is 0. The molecule has 0 aliphatic carbocycles. The van der Waals surface area contributed by atoms with Crippen LogP contribution in [0.3, 0.4) is 0 Å². The Morgan fingerprint density at radius 2 is 1.50 bits per heavy atom. The first-order valence-electron chi connectivity index (χ1n) is 7.77. The average molecular weight is 303 g/mol. The molecule has 0 saturated carbocycles. The number of rotatable bonds is 10. The summed E-state index contributed by atoms with van der Waals surface area (Å²) in [5.74, 6) is -0.207. The van der Waals surface area contributed by atoms with Gasteiger partial charge < -0.3 is 10.4 Å². The molecular formula is C19H29NO2. The first-order valence-corrected chi connectivity index (χ1v) is 7.77. The Morgan fingerprint density at radius 1 is 0.955 bits per heavy atom. The second-order valence-electron chi connectivity index (χ2n) is 5.54. The molecule has 3 heteroatoms. The highest BCUT2D eigenvalue weighted by atomic mass is 16.3. The lowest BCUT2D eigenvalue weighted by Gasteiger charge is -2.16. The van der Waals surface area contributed by atoms with Gasteiger partial charge in [0.1, 0.15) is 0 Å². The summed E-state index contributed by atoms with van der Waals surface area (Å²) in [7, 11) is 0. The van der Waals surface area contributed by atoms with E-state index < -0.39 is 5.60 Å². The molecule has 0 rings (SSSR count). The molecular weight excluding hydrogens is 274 g/mol. The lowest BCUT2D eigenvalue weighted by Crippen LogP contribution is -2.37. The van der Waals surface area contributed by atoms with Crippen LogP contribution in [0.2, 0.25) is 0 Å². The van der Waals surface area contributed by atoms with Crippen molar-refractivity contribution in [3.05, 3.63) is 60.8 Å². The zero-order valence-corrected chi connectivity index (χ0v) is 14.0. The summed E-state index contributed by atoms with van der Waals surface area (Å²) in [4.78, 5) is 11.4. The minimum absolute atomic E-state index is 0.207. The van der Waals surface area contributed by atoms with E-state index in [1.807, 2.05) is 12.2 Å². The van der Waals surface area contributed by atoms with Crippen LogP contribution in [0.4, 0.5) is 0 Å². The summed E-state index contributed by atoms with van der Waals surface area (Å²) < 4.78 is 0. The van der Waals surface area contributed by atoms with Crippen LogP contribution in [-0.4, -0.2) is 23.2 Å². The minimum atomic E-state index is -0.886. The van der Waals surface area contributed by atoms with Crippen molar-refractivity contribution in [3.63, 3.8) is 0 Å². The molecule has 2 N–H and O–H groups in total. The van der Waals surface area contributed by atoms with Crippen LogP contribution < -0.4 is 5.32 Å². The first-order chi connectivity index (χ1) is 10.5. The fourth-order valence-corrected chi connectivity index (χ4v) is 1.39. The Bertz CT molecular complexity index is 435. The predicted molar refractivity (Wildman–Crippen MR) is 94.5 cm³/mol. The number of hydrogen-bond donors (Lipinski definition) is 2. The van der Waals surface area contributed by atoms with Gasteiger partial charge in [-0.15, -0.1) is 0 Å². The van der Waals surface area contributed by atoms with Gasteiger partial charge in [0, 0.05) is 12.6 Å². The topological polar surface area (TPSA) is 49.3 Å². The van der Waals surface area contributed by atoms with Crippen molar-refractivity contribution < 1.29 is 9.90 Å². The summed E-state index contributed by atoms with van der Waals surface area (Å²) in [5.41, 5.74) is -0.886. The molecule has 0 aliphatic rings. The van der Waals surface area contributed by atoms with E-state index in [0.717, 1.165) is 19.3 Å². The molecule has 0 bridgehead atoms. The van der Waals surface area contributed by atoms with Gasteiger partial charge in [-0.2, -0.15) is 0 Å². The van der Waals surface area contributed by atoms with Gasteiger partial charge in [0.05, 0.1) is 5.60 Å². The van der Waals surface area contributed by atoms with Crippen molar-refractivity contribution in [3.8, 4) is 0 Å². The van der Waals surface area contributed by atoms with Crippen LogP contribution in [0.25, 0.3) is 0 Å². The molecule has 0 unspecified atom stereocenters. The highest BCUT2D eigenvalue weighted by Gasteiger charge is 2.12. The summed E-state index contributed by atoms with van der Waals surface area (Å²) in [6.45, 7) is 5.65. The largest absolute Gasteiger partial charge is 0.389 e. The molecule has 0 heterocycles. The molecule has 0 atom stereocenters. The molecule has 0 aliphatic heterocycles. The number of carbonyl (C=O) groups is 1. The van der Waals surface area contributed by atoms with Crippen LogP contribution >= 0.6 is 0 Å². The summed E-state index contributed by atoms with van der Waals surface area (Å²) in [6.07, 6.45) is 22.4. The Labute approximate surface area is 134 Å². The SMILES string of the molecule is CCC=CC=CCCC=CC=CC=CC(=O)NCC(C)(C)O. The number of amides is 1. The number of aliphatic hydroxyl groups is 1. The highest BCUT2D eigenvalue weighted by molar-refractivity contribution is 5.87. The summed E-state index contributed by atoms with van der Waals surface area (Å²) in [6, 6.07) is 0. The number of unbranched alkanes of at least 4 members (excludes halogenated alkanes) is 1. The fourth-order valence-electron chi connectivity index (χ4n) is 1.39. The number of carbonyl (C=O) groups excluding carboxylic acids is 1. The van der Waals surface area contributed by atoms with Crippen molar-refractivity contribution in [2.45, 2.75) is 45.6 Å². The van der Waals surface area contributed by atoms with Crippen molar-refractivity contribution in [2.24, 2.45) is 0 Å². The quantitative estimate of drug-likeness (QED) is 0.366. The second-order valence-corrected chi connectivity index (χ2v) is 5.54. The van der Waals surface area contributed by atoms with Gasteiger partial charge in [-0.25, -0.2) is 0 Å². The molecule has 1 amide bonds. The monoisotopic (exact) mass is 303 g/mol. The molecule has 3 nitrogen and oxygen atoms in total. The van der Waals surface area contributed by atoms with Crippen molar-refractivity contribution in [1.82, 2.24) is 5.32 Å². The zero-order valence-electron chi connectivity index (χ0n) is 14.0. The molecule has 0 aromatic rings. The summed E-state index contributed by atoms with van der Waals surface area (Å²) in [5, 5.41) is 12.1. The maximum Gasteiger partial charge on any atom is 0.244 e. The smallest absolute Gasteiger partial charge is 0.244 e. The third-order valence-electron chi connectivity index (χ3n) is 2.53. The third-order valence-corrected chi connectivity index (χ3v) is 2.53. The van der Waals surface area contributed by atoms with Crippen molar-refractivity contribution >= 4 is 5.91 Å². The number of hydrogen-bond acceptors (Lipinski definition) is 2. The zero-order chi connectivity index (χ0) is 16.7. The fraction of sp³-hybridized carbons (Fsp3) is 0.421. The number of nitrogens with one attached hydrogen (secondary N) is 1. The second kappa shape index (κ2) is 12.8. The van der Waals surface area contributed by atoms with Gasteiger partial charge in [-0.3, -0.25) is 4.79 Å². The Kier molecular flexibility index (Phi) is 11.7. The van der Waals surface area contributed by atoms with Crippen LogP contribution in [0, 0.1) is 0 Å². The van der Waals surface area contributed by atoms with E-state index >= 15 is 0 Å². The maximum absolute atomic E-state index is 11.4. The van der Waals surface area contributed by atoms with Crippen LogP contribution in [0.5, 0.6) is 0 Å². The molecule has 0 saturated heterocycles. The van der Waals surface area contributed by atoms with Crippen LogP contribution in [-0.2, 0) is 4.79 Å². The van der Waals surface area contributed by atoms with E-state index in [1.54, 1.807) is 26.0 Å². The van der Waals surface area contributed by atoms with Gasteiger partial charge >= 0.3 is 0 Å². The van der Waals surface area contributed by atoms with E-state index in [-0.39, 0.29) is 12.5 Å². The van der Waals surface area contributed by atoms with Crippen molar-refractivity contribution in [2.75, 3.05) is 6.54 Å². The molecule has 0 aromatic carbocycles. The van der Waals surface area contributed by atoms with E-state index in [9.17, 15) is 9.90 Å². The lowest BCUT2D eigenvalue weighted by atomic mass is 10.1. The van der Waals surface area contributed by atoms with E-state index in [2.05, 4.69) is 42.6 Å². The highest BCUT2D eigenvalue weighted by Crippen LogP contribution is 1.97. The Balaban J connectivity index is 3.78. The van der Waals surface area contributed by atoms with E-state index in [4.69, 9.17) is 0 Å². The lowest BCUT2D eigenvalue weighted by molar-refractivity contribution is -0.117. The Hall–Kier alpha value is -1.87. The maximum atomic E-state index is 11.4. The molecule has 0 spiro atoms.